The Labute approximate surface area is 167 Å². The average Bonchev–Trinajstić information content (AvgIpc) is 3.12. The van der Waals surface area contributed by atoms with Gasteiger partial charge in [-0.05, 0) is 42.8 Å². The van der Waals surface area contributed by atoms with Gasteiger partial charge in [0.05, 0.1) is 4.90 Å². The maximum absolute atomic E-state index is 14.2. The molecule has 0 saturated heterocycles. The Hall–Kier alpha value is -2.77. The van der Waals surface area contributed by atoms with Crippen LogP contribution in [0.3, 0.4) is 0 Å². The molecule has 0 fully saturated rings. The monoisotopic (exact) mass is 416 g/mol. The Kier molecular flexibility index (Phi) is 5.10. The number of hydrogen-bond donors (Lipinski definition) is 0. The topological polar surface area (TPSA) is 52.6 Å². The summed E-state index contributed by atoms with van der Waals surface area (Å²) in [6.45, 7) is 1.68. The second kappa shape index (κ2) is 7.57. The molecule has 0 aliphatic carbocycles. The predicted molar refractivity (Wildman–Crippen MR) is 104 cm³/mol. The zero-order valence-electron chi connectivity index (χ0n) is 15.6. The fourth-order valence-corrected chi connectivity index (χ4v) is 4.22. The number of para-hydroxylation sites is 1. The summed E-state index contributed by atoms with van der Waals surface area (Å²) in [6, 6.07) is 14.8. The van der Waals surface area contributed by atoms with Gasteiger partial charge in [0.1, 0.15) is 30.1 Å². The number of fused-ring (bicyclic) bond motifs is 1. The summed E-state index contributed by atoms with van der Waals surface area (Å²) in [4.78, 5) is 0.0705. The molecule has 0 saturated carbocycles. The van der Waals surface area contributed by atoms with E-state index in [-0.39, 0.29) is 17.1 Å². The van der Waals surface area contributed by atoms with Crippen molar-refractivity contribution in [3.05, 3.63) is 83.4 Å². The van der Waals surface area contributed by atoms with E-state index in [1.165, 1.54) is 12.1 Å². The zero-order chi connectivity index (χ0) is 20.6. The number of aryl methyl sites for hydroxylation is 1. The second-order valence-corrected chi connectivity index (χ2v) is 8.53. The Morgan fingerprint density at radius 2 is 1.79 bits per heavy atom. The van der Waals surface area contributed by atoms with Gasteiger partial charge in [0.15, 0.2) is 0 Å². The van der Waals surface area contributed by atoms with Crippen molar-refractivity contribution in [2.24, 2.45) is 0 Å². The normalized spacial score (nSPS) is 15.8. The number of benzene rings is 3. The van der Waals surface area contributed by atoms with E-state index in [0.717, 1.165) is 29.3 Å². The van der Waals surface area contributed by atoms with E-state index < -0.39 is 27.9 Å². The minimum Gasteiger partial charge on any atom is -0.487 e. The van der Waals surface area contributed by atoms with E-state index in [1.54, 1.807) is 24.3 Å². The fourth-order valence-electron chi connectivity index (χ4n) is 3.29. The average molecular weight is 416 g/mol. The third kappa shape index (κ3) is 4.02. The van der Waals surface area contributed by atoms with Gasteiger partial charge in [0, 0.05) is 17.5 Å². The van der Waals surface area contributed by atoms with Gasteiger partial charge in [-0.3, -0.25) is 4.18 Å². The first-order valence-corrected chi connectivity index (χ1v) is 10.4. The summed E-state index contributed by atoms with van der Waals surface area (Å²) in [6.07, 6.45) is -0.147. The van der Waals surface area contributed by atoms with Crippen molar-refractivity contribution >= 4 is 10.1 Å². The Morgan fingerprint density at radius 1 is 1.03 bits per heavy atom. The molecule has 3 aromatic rings. The minimum atomic E-state index is -3.92. The van der Waals surface area contributed by atoms with Crippen LogP contribution in [0.2, 0.25) is 0 Å². The number of ether oxygens (including phenoxy) is 1. The number of rotatable bonds is 5. The summed E-state index contributed by atoms with van der Waals surface area (Å²) < 4.78 is 63.6. The first kappa shape index (κ1) is 19.5. The van der Waals surface area contributed by atoms with Crippen LogP contribution >= 0.6 is 0 Å². The molecule has 150 valence electrons. The Balaban J connectivity index is 1.53. The smallest absolute Gasteiger partial charge is 0.297 e. The van der Waals surface area contributed by atoms with Crippen LogP contribution in [0.5, 0.6) is 5.75 Å². The first-order valence-electron chi connectivity index (χ1n) is 9.03. The van der Waals surface area contributed by atoms with Gasteiger partial charge in [-0.2, -0.15) is 8.42 Å². The summed E-state index contributed by atoms with van der Waals surface area (Å²) in [5.74, 6) is -0.704. The standard InChI is InChI=1S/C22H18F2O4S/c1-14-5-8-18(9-6-14)29(25,26)27-13-17-11-15-3-2-4-19(22(15)28-17)20-12-16(23)7-10-21(20)24/h2-10,12,17H,11,13H2,1H3. The molecule has 0 radical (unpaired) electrons. The molecule has 29 heavy (non-hydrogen) atoms. The van der Waals surface area contributed by atoms with Gasteiger partial charge < -0.3 is 4.74 Å². The quantitative estimate of drug-likeness (QED) is 0.568. The van der Waals surface area contributed by atoms with Crippen LogP contribution in [0, 0.1) is 18.6 Å². The zero-order valence-corrected chi connectivity index (χ0v) is 16.4. The molecule has 1 aliphatic heterocycles. The van der Waals surface area contributed by atoms with E-state index in [9.17, 15) is 17.2 Å². The number of halogens is 2. The molecule has 4 nitrogen and oxygen atoms in total. The lowest BCUT2D eigenvalue weighted by Crippen LogP contribution is -2.23. The molecule has 1 heterocycles. The van der Waals surface area contributed by atoms with Crippen molar-refractivity contribution in [2.75, 3.05) is 6.61 Å². The lowest BCUT2D eigenvalue weighted by atomic mass is 10.00. The molecule has 0 aromatic heterocycles. The molecule has 1 unspecified atom stereocenters. The summed E-state index contributed by atoms with van der Waals surface area (Å²) in [5.41, 5.74) is 2.24. The molecule has 1 atom stereocenters. The molecule has 0 amide bonds. The van der Waals surface area contributed by atoms with Crippen molar-refractivity contribution in [2.45, 2.75) is 24.3 Å². The molecular weight excluding hydrogens is 398 g/mol. The van der Waals surface area contributed by atoms with E-state index in [4.69, 9.17) is 8.92 Å². The van der Waals surface area contributed by atoms with E-state index >= 15 is 0 Å². The first-order chi connectivity index (χ1) is 13.8. The van der Waals surface area contributed by atoms with Crippen molar-refractivity contribution in [1.82, 2.24) is 0 Å². The van der Waals surface area contributed by atoms with Crippen molar-refractivity contribution in [3.8, 4) is 16.9 Å². The predicted octanol–water partition coefficient (Wildman–Crippen LogP) is 4.65. The van der Waals surface area contributed by atoms with Crippen LogP contribution in [-0.2, 0) is 20.7 Å². The van der Waals surface area contributed by atoms with E-state index in [0.29, 0.717) is 17.7 Å². The van der Waals surface area contributed by atoms with Crippen LogP contribution in [0.15, 0.2) is 65.6 Å². The van der Waals surface area contributed by atoms with Gasteiger partial charge in [-0.15, -0.1) is 0 Å². The number of hydrogen-bond acceptors (Lipinski definition) is 4. The molecule has 0 spiro atoms. The van der Waals surface area contributed by atoms with E-state index in [1.807, 2.05) is 13.0 Å². The maximum Gasteiger partial charge on any atom is 0.297 e. The molecular formula is C22H18F2O4S. The van der Waals surface area contributed by atoms with Crippen LogP contribution in [-0.4, -0.2) is 21.1 Å². The second-order valence-electron chi connectivity index (χ2n) is 6.91. The largest absolute Gasteiger partial charge is 0.487 e. The molecule has 0 bridgehead atoms. The van der Waals surface area contributed by atoms with Crippen molar-refractivity contribution in [3.63, 3.8) is 0 Å². The molecule has 4 rings (SSSR count). The van der Waals surface area contributed by atoms with Crippen LogP contribution in [0.25, 0.3) is 11.1 Å². The maximum atomic E-state index is 14.2. The highest BCUT2D eigenvalue weighted by atomic mass is 32.2. The van der Waals surface area contributed by atoms with Crippen LogP contribution < -0.4 is 4.74 Å². The highest BCUT2D eigenvalue weighted by Crippen LogP contribution is 2.40. The minimum absolute atomic E-state index is 0.0705. The van der Waals surface area contributed by atoms with Crippen LogP contribution in [0.1, 0.15) is 11.1 Å². The summed E-state index contributed by atoms with van der Waals surface area (Å²) >= 11 is 0. The van der Waals surface area contributed by atoms with Crippen molar-refractivity contribution in [1.29, 1.82) is 0 Å². The molecule has 7 heteroatoms. The van der Waals surface area contributed by atoms with Crippen molar-refractivity contribution < 1.29 is 26.1 Å². The summed E-state index contributed by atoms with van der Waals surface area (Å²) in [5, 5.41) is 0. The molecule has 1 aliphatic rings. The molecule has 3 aromatic carbocycles. The van der Waals surface area contributed by atoms with Crippen LogP contribution in [0.4, 0.5) is 8.78 Å². The van der Waals surface area contributed by atoms with Gasteiger partial charge in [-0.1, -0.05) is 35.9 Å². The SMILES string of the molecule is Cc1ccc(S(=O)(=O)OCC2Cc3cccc(-c4cc(F)ccc4F)c3O2)cc1. The lowest BCUT2D eigenvalue weighted by Gasteiger charge is -2.13. The van der Waals surface area contributed by atoms with Gasteiger partial charge in [0.25, 0.3) is 10.1 Å². The third-order valence-corrected chi connectivity index (χ3v) is 6.06. The third-order valence-electron chi connectivity index (χ3n) is 4.77. The fraction of sp³-hybridized carbons (Fsp3) is 0.182. The summed E-state index contributed by atoms with van der Waals surface area (Å²) in [7, 11) is -3.92. The van der Waals surface area contributed by atoms with E-state index in [2.05, 4.69) is 0 Å². The highest BCUT2D eigenvalue weighted by molar-refractivity contribution is 7.86. The Morgan fingerprint density at radius 3 is 2.55 bits per heavy atom. The lowest BCUT2D eigenvalue weighted by molar-refractivity contribution is 0.152. The van der Waals surface area contributed by atoms with Gasteiger partial charge in [-0.25, -0.2) is 8.78 Å². The Bertz CT molecular complexity index is 1160. The highest BCUT2D eigenvalue weighted by Gasteiger charge is 2.29. The molecule has 0 N–H and O–H groups in total. The van der Waals surface area contributed by atoms with Gasteiger partial charge in [0.2, 0.25) is 0 Å². The van der Waals surface area contributed by atoms with Gasteiger partial charge >= 0.3 is 0 Å².